The number of nitrogens with zero attached hydrogens (tertiary/aromatic N) is 1. The zero-order valence-corrected chi connectivity index (χ0v) is 18.7. The minimum atomic E-state index is -4.87. The van der Waals surface area contributed by atoms with Gasteiger partial charge in [-0.1, -0.05) is 6.07 Å². The molecule has 7 nitrogen and oxygen atoms in total. The van der Waals surface area contributed by atoms with Crippen LogP contribution in [0.3, 0.4) is 0 Å². The standard InChI is InChI=1S/C23H22F5N3O4/c1-22(23(26,27)28)16(10-3-4-10)15(12-5-6-13(24)17(25)18(12)34-2)19(35-22)21(33)31-11-7-8-30-14(9-11)20(29)32/h5-10,15-16,19H,3-4H2,1-2H3,(H2,29,32)(H,30,31,33)/t15-,16-,19-,22-/m0/s1. The van der Waals surface area contributed by atoms with Gasteiger partial charge in [0.15, 0.2) is 17.2 Å². The molecule has 1 saturated heterocycles. The maximum Gasteiger partial charge on any atom is 0.417 e. The third-order valence-corrected chi connectivity index (χ3v) is 6.60. The van der Waals surface area contributed by atoms with Crippen molar-refractivity contribution >= 4 is 17.5 Å². The Labute approximate surface area is 196 Å². The monoisotopic (exact) mass is 499 g/mol. The maximum atomic E-state index is 14.6. The predicted molar refractivity (Wildman–Crippen MR) is 113 cm³/mol. The number of benzene rings is 1. The third kappa shape index (κ3) is 4.30. The molecule has 35 heavy (non-hydrogen) atoms. The summed E-state index contributed by atoms with van der Waals surface area (Å²) in [5, 5.41) is 2.42. The molecule has 2 amide bonds. The fourth-order valence-electron chi connectivity index (χ4n) is 4.85. The molecule has 0 unspecified atom stereocenters. The van der Waals surface area contributed by atoms with Gasteiger partial charge in [-0.05, 0) is 43.9 Å². The number of hydrogen-bond donors (Lipinski definition) is 2. The van der Waals surface area contributed by atoms with Crippen LogP contribution in [0.2, 0.25) is 0 Å². The molecule has 3 N–H and O–H groups in total. The van der Waals surface area contributed by atoms with Gasteiger partial charge < -0.3 is 20.5 Å². The van der Waals surface area contributed by atoms with Gasteiger partial charge in [0.25, 0.3) is 11.8 Å². The molecule has 1 aliphatic heterocycles. The lowest BCUT2D eigenvalue weighted by atomic mass is 9.73. The van der Waals surface area contributed by atoms with Gasteiger partial charge in [-0.2, -0.15) is 17.6 Å². The largest absolute Gasteiger partial charge is 0.493 e. The number of anilines is 1. The van der Waals surface area contributed by atoms with Crippen LogP contribution >= 0.6 is 0 Å². The van der Waals surface area contributed by atoms with Crippen LogP contribution in [-0.4, -0.2) is 41.8 Å². The normalized spacial score (nSPS) is 26.4. The highest BCUT2D eigenvalue weighted by Gasteiger charge is 2.70. The minimum Gasteiger partial charge on any atom is -0.493 e. The van der Waals surface area contributed by atoms with Crippen LogP contribution in [0.1, 0.15) is 41.7 Å². The van der Waals surface area contributed by atoms with Crippen molar-refractivity contribution < 1.29 is 41.0 Å². The fraction of sp³-hybridized carbons (Fsp3) is 0.435. The number of methoxy groups -OCH3 is 1. The third-order valence-electron chi connectivity index (χ3n) is 6.60. The number of alkyl halides is 3. The van der Waals surface area contributed by atoms with E-state index in [1.807, 2.05) is 0 Å². The first-order valence-electron chi connectivity index (χ1n) is 10.7. The average molecular weight is 499 g/mol. The molecule has 0 spiro atoms. The Morgan fingerprint density at radius 2 is 1.91 bits per heavy atom. The molecular weight excluding hydrogens is 477 g/mol. The molecule has 12 heteroatoms. The van der Waals surface area contributed by atoms with Crippen molar-refractivity contribution in [1.29, 1.82) is 0 Å². The smallest absolute Gasteiger partial charge is 0.417 e. The van der Waals surface area contributed by atoms with Crippen LogP contribution in [0.5, 0.6) is 5.75 Å². The summed E-state index contributed by atoms with van der Waals surface area (Å²) in [5.74, 6) is -8.09. The van der Waals surface area contributed by atoms with Crippen LogP contribution in [0.4, 0.5) is 27.6 Å². The fourth-order valence-corrected chi connectivity index (χ4v) is 4.85. The molecule has 2 fully saturated rings. The van der Waals surface area contributed by atoms with Gasteiger partial charge in [0, 0.05) is 29.3 Å². The van der Waals surface area contributed by atoms with E-state index in [0.717, 1.165) is 32.2 Å². The van der Waals surface area contributed by atoms with Gasteiger partial charge in [0.1, 0.15) is 11.8 Å². The number of halogens is 5. The van der Waals surface area contributed by atoms with Crippen molar-refractivity contribution in [3.63, 3.8) is 0 Å². The number of carbonyl (C=O) groups excluding carboxylic acids is 2. The molecule has 2 heterocycles. The van der Waals surface area contributed by atoms with E-state index < -0.39 is 64.8 Å². The summed E-state index contributed by atoms with van der Waals surface area (Å²) in [6.45, 7) is 0.861. The lowest BCUT2D eigenvalue weighted by Gasteiger charge is -2.34. The first kappa shape index (κ1) is 24.8. The van der Waals surface area contributed by atoms with Gasteiger partial charge in [-0.15, -0.1) is 0 Å². The molecule has 1 aromatic heterocycles. The number of rotatable bonds is 6. The first-order chi connectivity index (χ1) is 16.4. The molecule has 188 valence electrons. The topological polar surface area (TPSA) is 104 Å². The van der Waals surface area contributed by atoms with E-state index in [4.69, 9.17) is 15.2 Å². The van der Waals surface area contributed by atoms with Crippen molar-refractivity contribution in [2.75, 3.05) is 12.4 Å². The van der Waals surface area contributed by atoms with Crippen molar-refractivity contribution in [2.24, 2.45) is 17.6 Å². The van der Waals surface area contributed by atoms with Gasteiger partial charge in [0.2, 0.25) is 5.82 Å². The van der Waals surface area contributed by atoms with E-state index >= 15 is 0 Å². The molecule has 1 saturated carbocycles. The van der Waals surface area contributed by atoms with E-state index in [1.165, 1.54) is 12.3 Å². The summed E-state index contributed by atoms with van der Waals surface area (Å²) in [4.78, 5) is 28.4. The zero-order valence-electron chi connectivity index (χ0n) is 18.7. The highest BCUT2D eigenvalue weighted by Crippen LogP contribution is 2.62. The Morgan fingerprint density at radius 1 is 1.23 bits per heavy atom. The summed E-state index contributed by atoms with van der Waals surface area (Å²) in [7, 11) is 1.06. The van der Waals surface area contributed by atoms with E-state index in [2.05, 4.69) is 10.3 Å². The summed E-state index contributed by atoms with van der Waals surface area (Å²) in [5.41, 5.74) is 2.21. The highest BCUT2D eigenvalue weighted by atomic mass is 19.4. The second-order valence-electron chi connectivity index (χ2n) is 8.80. The number of carbonyl (C=O) groups is 2. The maximum absolute atomic E-state index is 14.6. The Morgan fingerprint density at radius 3 is 2.49 bits per heavy atom. The van der Waals surface area contributed by atoms with Crippen LogP contribution in [0.25, 0.3) is 0 Å². The summed E-state index contributed by atoms with van der Waals surface area (Å²) >= 11 is 0. The van der Waals surface area contributed by atoms with E-state index in [9.17, 15) is 31.5 Å². The number of amides is 2. The van der Waals surface area contributed by atoms with E-state index in [0.29, 0.717) is 12.8 Å². The zero-order chi connectivity index (χ0) is 25.7. The van der Waals surface area contributed by atoms with E-state index in [-0.39, 0.29) is 16.9 Å². The molecule has 4 atom stereocenters. The van der Waals surface area contributed by atoms with Crippen LogP contribution in [0.15, 0.2) is 30.5 Å². The van der Waals surface area contributed by atoms with Gasteiger partial charge in [0.05, 0.1) is 7.11 Å². The lowest BCUT2D eigenvalue weighted by molar-refractivity contribution is -0.275. The molecule has 0 radical (unpaired) electrons. The molecular formula is C23H22F5N3O4. The summed E-state index contributed by atoms with van der Waals surface area (Å²) < 4.78 is 81.9. The molecule has 1 aromatic carbocycles. The van der Waals surface area contributed by atoms with E-state index in [1.54, 1.807) is 0 Å². The van der Waals surface area contributed by atoms with Crippen molar-refractivity contribution in [3.8, 4) is 5.75 Å². The molecule has 0 bridgehead atoms. The summed E-state index contributed by atoms with van der Waals surface area (Å²) in [6, 6.07) is 4.36. The SMILES string of the molecule is COc1c([C@@H]2[C@@H](C(=O)Nc3ccnc(C(N)=O)c3)O[C@](C)(C(F)(F)F)[C@H]2C2CC2)ccc(F)c1F. The minimum absolute atomic E-state index is 0.0435. The van der Waals surface area contributed by atoms with Crippen molar-refractivity contribution in [2.45, 2.75) is 43.6 Å². The van der Waals surface area contributed by atoms with Gasteiger partial charge in [-0.3, -0.25) is 14.6 Å². The number of pyridine rings is 1. The predicted octanol–water partition coefficient (Wildman–Crippen LogP) is 3.94. The number of primary amides is 1. The molecule has 2 aromatic rings. The van der Waals surface area contributed by atoms with Gasteiger partial charge in [-0.25, -0.2) is 4.39 Å². The summed E-state index contributed by atoms with van der Waals surface area (Å²) in [6.07, 6.45) is -4.49. The Balaban J connectivity index is 1.81. The second kappa shape index (κ2) is 8.74. The first-order valence-corrected chi connectivity index (χ1v) is 10.7. The van der Waals surface area contributed by atoms with Crippen LogP contribution < -0.4 is 15.8 Å². The number of aromatic nitrogens is 1. The lowest BCUT2D eigenvalue weighted by Crippen LogP contribution is -2.49. The highest BCUT2D eigenvalue weighted by molar-refractivity contribution is 5.97. The molecule has 4 rings (SSSR count). The number of nitrogens with two attached hydrogens (primary N) is 1. The molecule has 1 aliphatic carbocycles. The van der Waals surface area contributed by atoms with Crippen LogP contribution in [-0.2, 0) is 9.53 Å². The van der Waals surface area contributed by atoms with Crippen LogP contribution in [0, 0.1) is 23.5 Å². The Bertz CT molecular complexity index is 1170. The quantitative estimate of drug-likeness (QED) is 0.587. The average Bonchev–Trinajstić information content (AvgIpc) is 3.57. The van der Waals surface area contributed by atoms with Crippen molar-refractivity contribution in [3.05, 3.63) is 53.4 Å². The number of nitrogens with one attached hydrogen (secondary N) is 1. The number of ether oxygens (including phenoxy) is 2. The van der Waals surface area contributed by atoms with Gasteiger partial charge >= 0.3 is 6.18 Å². The van der Waals surface area contributed by atoms with Crippen molar-refractivity contribution in [1.82, 2.24) is 4.98 Å². The Kier molecular flexibility index (Phi) is 6.20. The second-order valence-corrected chi connectivity index (χ2v) is 8.80. The number of hydrogen-bond acceptors (Lipinski definition) is 5. The molecule has 2 aliphatic rings. The Hall–Kier alpha value is -3.28.